The lowest BCUT2D eigenvalue weighted by molar-refractivity contribution is -0.140. The highest BCUT2D eigenvalue weighted by atomic mass is 79.9. The maximum absolute atomic E-state index is 14.9. The van der Waals surface area contributed by atoms with Crippen LogP contribution in [0.5, 0.6) is 0 Å². The Morgan fingerprint density at radius 1 is 1.02 bits per heavy atom. The third kappa shape index (κ3) is 9.94. The van der Waals surface area contributed by atoms with E-state index in [-0.39, 0.29) is 21.6 Å². The van der Waals surface area contributed by atoms with Gasteiger partial charge in [0.05, 0.1) is 16.9 Å². The fourth-order valence-corrected chi connectivity index (χ4v) is 5.88. The van der Waals surface area contributed by atoms with Gasteiger partial charge < -0.3 is 5.32 Å². The standard InChI is InChI=1S/C23H17BrClF10NO3S/c1-11(9-40(38,39)10-21(27,28)29)36-20(37)16-3-2-12(6-18(16)23(33,34)35)19(26)8-17(22(30,31)32)13-4-14(24)7-15(25)5-13/h2-8,11,17H,9-10H2,1H3,(H,36,37)/b19-8-. The van der Waals surface area contributed by atoms with E-state index >= 15 is 0 Å². The topological polar surface area (TPSA) is 63.2 Å². The number of alkyl halides is 9. The molecule has 0 aromatic heterocycles. The molecule has 1 amide bonds. The van der Waals surface area contributed by atoms with E-state index in [0.717, 1.165) is 19.1 Å². The second kappa shape index (κ2) is 12.3. The molecule has 1 N–H and O–H groups in total. The van der Waals surface area contributed by atoms with E-state index in [0.29, 0.717) is 12.1 Å². The Morgan fingerprint density at radius 2 is 1.62 bits per heavy atom. The summed E-state index contributed by atoms with van der Waals surface area (Å²) in [4.78, 5) is 12.4. The Kier molecular flexibility index (Phi) is 10.4. The second-order valence-electron chi connectivity index (χ2n) is 8.54. The lowest BCUT2D eigenvalue weighted by Crippen LogP contribution is -2.40. The summed E-state index contributed by atoms with van der Waals surface area (Å²) in [5, 5.41) is 1.69. The summed E-state index contributed by atoms with van der Waals surface area (Å²) < 4.78 is 158. The van der Waals surface area contributed by atoms with Gasteiger partial charge >= 0.3 is 18.5 Å². The van der Waals surface area contributed by atoms with Gasteiger partial charge in [-0.3, -0.25) is 4.79 Å². The number of sulfone groups is 1. The number of carbonyl (C=O) groups is 1. The van der Waals surface area contributed by atoms with Crippen LogP contribution in [0, 0.1) is 0 Å². The molecule has 0 saturated heterocycles. The minimum Gasteiger partial charge on any atom is -0.349 e. The van der Waals surface area contributed by atoms with E-state index in [1.54, 1.807) is 0 Å². The molecule has 0 bridgehead atoms. The van der Waals surface area contributed by atoms with Crippen LogP contribution in [0.4, 0.5) is 43.9 Å². The Balaban J connectivity index is 2.44. The van der Waals surface area contributed by atoms with Crippen LogP contribution in [0.1, 0.15) is 39.9 Å². The summed E-state index contributed by atoms with van der Waals surface area (Å²) >= 11 is 8.70. The van der Waals surface area contributed by atoms with Gasteiger partial charge in [0.15, 0.2) is 9.84 Å². The van der Waals surface area contributed by atoms with E-state index in [4.69, 9.17) is 11.6 Å². The minimum absolute atomic E-state index is 0.0287. The molecule has 2 unspecified atom stereocenters. The van der Waals surface area contributed by atoms with Gasteiger partial charge in [-0.2, -0.15) is 39.5 Å². The first kappa shape index (κ1) is 33.9. The zero-order chi connectivity index (χ0) is 30.8. The number of amides is 1. The monoisotopic (exact) mass is 691 g/mol. The van der Waals surface area contributed by atoms with Crippen molar-refractivity contribution in [3.63, 3.8) is 0 Å². The first-order chi connectivity index (χ1) is 18.0. The van der Waals surface area contributed by atoms with Crippen LogP contribution in [0.2, 0.25) is 5.02 Å². The smallest absolute Gasteiger partial charge is 0.349 e. The van der Waals surface area contributed by atoms with Crippen molar-refractivity contribution in [2.45, 2.75) is 37.4 Å². The molecule has 0 aliphatic carbocycles. The molecule has 222 valence electrons. The van der Waals surface area contributed by atoms with Crippen molar-refractivity contribution in [3.8, 4) is 0 Å². The van der Waals surface area contributed by atoms with Crippen LogP contribution in [0.3, 0.4) is 0 Å². The molecule has 17 heteroatoms. The van der Waals surface area contributed by atoms with Gasteiger partial charge in [-0.15, -0.1) is 0 Å². The minimum atomic E-state index is -5.34. The van der Waals surface area contributed by atoms with E-state index in [1.807, 2.05) is 5.32 Å². The average molecular weight is 693 g/mol. The van der Waals surface area contributed by atoms with Crippen LogP contribution < -0.4 is 5.32 Å². The van der Waals surface area contributed by atoms with Crippen molar-refractivity contribution in [2.24, 2.45) is 0 Å². The molecule has 0 aliphatic rings. The average Bonchev–Trinajstić information content (AvgIpc) is 2.72. The van der Waals surface area contributed by atoms with Crippen molar-refractivity contribution in [3.05, 3.63) is 74.2 Å². The first-order valence-electron chi connectivity index (χ1n) is 10.7. The van der Waals surface area contributed by atoms with Gasteiger partial charge in [0, 0.05) is 21.1 Å². The highest BCUT2D eigenvalue weighted by Crippen LogP contribution is 2.41. The molecular weight excluding hydrogens is 676 g/mol. The quantitative estimate of drug-likeness (QED) is 0.287. The molecule has 2 aromatic carbocycles. The number of nitrogens with one attached hydrogen (secondary N) is 1. The number of rotatable bonds is 8. The fraction of sp³-hybridized carbons (Fsp3) is 0.348. The van der Waals surface area contributed by atoms with E-state index in [2.05, 4.69) is 15.9 Å². The number of hydrogen-bond donors (Lipinski definition) is 1. The van der Waals surface area contributed by atoms with Gasteiger partial charge in [0.2, 0.25) is 0 Å². The molecule has 2 aromatic rings. The summed E-state index contributed by atoms with van der Waals surface area (Å²) in [6, 6.07) is 2.66. The summed E-state index contributed by atoms with van der Waals surface area (Å²) in [5.74, 6) is -9.39. The van der Waals surface area contributed by atoms with Crippen LogP contribution in [0.25, 0.3) is 5.83 Å². The van der Waals surface area contributed by atoms with Gasteiger partial charge in [-0.05, 0) is 48.9 Å². The van der Waals surface area contributed by atoms with Gasteiger partial charge in [-0.25, -0.2) is 12.8 Å². The molecule has 4 nitrogen and oxygen atoms in total. The normalized spacial score (nSPS) is 15.1. The molecule has 0 aliphatic heterocycles. The highest BCUT2D eigenvalue weighted by Gasteiger charge is 2.41. The highest BCUT2D eigenvalue weighted by molar-refractivity contribution is 9.10. The second-order valence-corrected chi connectivity index (χ2v) is 12.0. The zero-order valence-electron chi connectivity index (χ0n) is 19.8. The number of benzene rings is 2. The lowest BCUT2D eigenvalue weighted by atomic mass is 9.95. The maximum atomic E-state index is 14.9. The maximum Gasteiger partial charge on any atom is 0.417 e. The van der Waals surface area contributed by atoms with Crippen LogP contribution in [-0.2, 0) is 16.0 Å². The number of hydrogen-bond acceptors (Lipinski definition) is 3. The van der Waals surface area contributed by atoms with Crippen molar-refractivity contribution in [1.29, 1.82) is 0 Å². The van der Waals surface area contributed by atoms with Crippen molar-refractivity contribution in [1.82, 2.24) is 5.32 Å². The zero-order valence-corrected chi connectivity index (χ0v) is 22.9. The SMILES string of the molecule is CC(CS(=O)(=O)CC(F)(F)F)NC(=O)c1ccc(/C(F)=C/C(c2cc(Cl)cc(Br)c2)C(F)(F)F)cc1C(F)(F)F. The molecule has 0 saturated carbocycles. The third-order valence-corrected chi connectivity index (χ3v) is 7.47. The van der Waals surface area contributed by atoms with E-state index in [9.17, 15) is 57.1 Å². The Hall–Kier alpha value is -2.33. The fourth-order valence-electron chi connectivity index (χ4n) is 3.53. The first-order valence-corrected chi connectivity index (χ1v) is 13.7. The van der Waals surface area contributed by atoms with Gasteiger partial charge in [0.1, 0.15) is 17.5 Å². The molecule has 0 heterocycles. The number of halogens is 12. The molecule has 0 spiro atoms. The molecular formula is C23H17BrClF10NO3S. The molecule has 2 rings (SSSR count). The Morgan fingerprint density at radius 3 is 2.12 bits per heavy atom. The molecule has 40 heavy (non-hydrogen) atoms. The summed E-state index contributed by atoms with van der Waals surface area (Å²) in [6.07, 6.45) is -15.5. The van der Waals surface area contributed by atoms with Crippen molar-refractivity contribution in [2.75, 3.05) is 11.5 Å². The van der Waals surface area contributed by atoms with Crippen molar-refractivity contribution >= 4 is 49.1 Å². The summed E-state index contributed by atoms with van der Waals surface area (Å²) in [5.41, 5.74) is -4.45. The molecule has 2 atom stereocenters. The largest absolute Gasteiger partial charge is 0.417 e. The predicted octanol–water partition coefficient (Wildman–Crippen LogP) is 7.87. The number of carbonyl (C=O) groups excluding carboxylic acids is 1. The summed E-state index contributed by atoms with van der Waals surface area (Å²) in [7, 11) is -4.80. The summed E-state index contributed by atoms with van der Waals surface area (Å²) in [6.45, 7) is 0.932. The van der Waals surface area contributed by atoms with Crippen LogP contribution in [0.15, 0.2) is 46.9 Å². The van der Waals surface area contributed by atoms with Gasteiger partial charge in [-0.1, -0.05) is 33.6 Å². The van der Waals surface area contributed by atoms with Crippen LogP contribution in [-0.4, -0.2) is 44.2 Å². The molecule has 0 radical (unpaired) electrons. The van der Waals surface area contributed by atoms with E-state index in [1.165, 1.54) is 6.07 Å². The Bertz CT molecular complexity index is 1370. The van der Waals surface area contributed by atoms with E-state index < -0.39 is 85.8 Å². The van der Waals surface area contributed by atoms with Gasteiger partial charge in [0.25, 0.3) is 5.91 Å². The van der Waals surface area contributed by atoms with Crippen molar-refractivity contribution < 1.29 is 57.1 Å². The molecule has 0 fully saturated rings. The van der Waals surface area contributed by atoms with Crippen LogP contribution >= 0.6 is 27.5 Å². The Labute approximate surface area is 234 Å². The predicted molar refractivity (Wildman–Crippen MR) is 130 cm³/mol. The third-order valence-electron chi connectivity index (χ3n) is 5.02. The lowest BCUT2D eigenvalue weighted by Gasteiger charge is -2.19. The number of allylic oxidation sites excluding steroid dienone is 1.